The predicted molar refractivity (Wildman–Crippen MR) is 76.5 cm³/mol. The monoisotopic (exact) mass is 266 g/mol. The van der Waals surface area contributed by atoms with Gasteiger partial charge in [-0.2, -0.15) is 10.1 Å². The van der Waals surface area contributed by atoms with Gasteiger partial charge < -0.3 is 4.57 Å². The summed E-state index contributed by atoms with van der Waals surface area (Å²) < 4.78 is 1.96. The Morgan fingerprint density at radius 1 is 1.15 bits per heavy atom. The molecule has 5 heteroatoms. The van der Waals surface area contributed by atoms with Crippen LogP contribution in [-0.4, -0.2) is 19.7 Å². The standard InChI is InChI=1S/C15H14N4O/c1-2-13-17-15(20)12-8-9-16-18-14(12)19(13)10-11-6-4-3-5-7-11/h3-9H,2,10H2,1H3. The lowest BCUT2D eigenvalue weighted by Gasteiger charge is -2.13. The van der Waals surface area contributed by atoms with Gasteiger partial charge >= 0.3 is 0 Å². The molecule has 3 rings (SSSR count). The van der Waals surface area contributed by atoms with Crippen LogP contribution in [0.1, 0.15) is 18.3 Å². The molecular formula is C15H14N4O. The van der Waals surface area contributed by atoms with Crippen LogP contribution >= 0.6 is 0 Å². The minimum absolute atomic E-state index is 0.240. The lowest BCUT2D eigenvalue weighted by molar-refractivity contribution is 0.709. The van der Waals surface area contributed by atoms with Crippen LogP contribution in [0.4, 0.5) is 0 Å². The Balaban J connectivity index is 2.22. The fraction of sp³-hybridized carbons (Fsp3) is 0.200. The number of aromatic nitrogens is 4. The number of fused-ring (bicyclic) bond motifs is 1. The van der Waals surface area contributed by atoms with Gasteiger partial charge in [-0.15, -0.1) is 5.10 Å². The summed E-state index contributed by atoms with van der Waals surface area (Å²) >= 11 is 0. The van der Waals surface area contributed by atoms with Gasteiger partial charge in [0.1, 0.15) is 5.82 Å². The van der Waals surface area contributed by atoms with Crippen LogP contribution in [0.2, 0.25) is 0 Å². The normalized spacial score (nSPS) is 10.8. The largest absolute Gasteiger partial charge is 0.308 e. The third kappa shape index (κ3) is 2.18. The number of benzene rings is 1. The van der Waals surface area contributed by atoms with Crippen LogP contribution in [0.25, 0.3) is 11.0 Å². The molecule has 0 unspecified atom stereocenters. The summed E-state index contributed by atoms with van der Waals surface area (Å²) in [7, 11) is 0. The van der Waals surface area contributed by atoms with Gasteiger partial charge in [-0.1, -0.05) is 37.3 Å². The van der Waals surface area contributed by atoms with Crippen molar-refractivity contribution in [1.29, 1.82) is 0 Å². The van der Waals surface area contributed by atoms with Crippen LogP contribution in [0.15, 0.2) is 47.4 Å². The molecular weight excluding hydrogens is 252 g/mol. The van der Waals surface area contributed by atoms with Crippen molar-refractivity contribution >= 4 is 11.0 Å². The zero-order valence-electron chi connectivity index (χ0n) is 11.2. The van der Waals surface area contributed by atoms with E-state index in [0.29, 0.717) is 24.0 Å². The zero-order chi connectivity index (χ0) is 13.9. The van der Waals surface area contributed by atoms with Crippen LogP contribution in [-0.2, 0) is 13.0 Å². The number of rotatable bonds is 3. The topological polar surface area (TPSA) is 60.7 Å². The molecule has 0 radical (unpaired) electrons. The molecule has 1 aromatic carbocycles. The highest BCUT2D eigenvalue weighted by atomic mass is 16.1. The van der Waals surface area contributed by atoms with E-state index in [1.54, 1.807) is 6.07 Å². The minimum atomic E-state index is -0.240. The van der Waals surface area contributed by atoms with Crippen molar-refractivity contribution in [1.82, 2.24) is 19.7 Å². The van der Waals surface area contributed by atoms with E-state index in [1.165, 1.54) is 6.20 Å². The first-order valence-electron chi connectivity index (χ1n) is 6.54. The van der Waals surface area contributed by atoms with Crippen molar-refractivity contribution in [3.63, 3.8) is 0 Å². The Kier molecular flexibility index (Phi) is 3.25. The summed E-state index contributed by atoms with van der Waals surface area (Å²) in [5, 5.41) is 8.52. The quantitative estimate of drug-likeness (QED) is 0.725. The highest BCUT2D eigenvalue weighted by Gasteiger charge is 2.11. The smallest absolute Gasteiger partial charge is 0.282 e. The third-order valence-electron chi connectivity index (χ3n) is 3.23. The first-order valence-corrected chi connectivity index (χ1v) is 6.54. The van der Waals surface area contributed by atoms with Crippen LogP contribution in [0, 0.1) is 0 Å². The van der Waals surface area contributed by atoms with Gasteiger partial charge in [0, 0.05) is 6.42 Å². The summed E-state index contributed by atoms with van der Waals surface area (Å²) in [5.41, 5.74) is 1.49. The van der Waals surface area contributed by atoms with Gasteiger partial charge in [-0.3, -0.25) is 4.79 Å². The summed E-state index contributed by atoms with van der Waals surface area (Å²) in [4.78, 5) is 16.1. The van der Waals surface area contributed by atoms with E-state index >= 15 is 0 Å². The summed E-state index contributed by atoms with van der Waals surface area (Å²) in [6.07, 6.45) is 2.19. The lowest BCUT2D eigenvalue weighted by atomic mass is 10.2. The molecule has 0 saturated heterocycles. The maximum atomic E-state index is 12.0. The molecule has 0 fully saturated rings. The molecule has 0 spiro atoms. The van der Waals surface area contributed by atoms with Crippen molar-refractivity contribution in [2.24, 2.45) is 0 Å². The molecule has 0 aliphatic carbocycles. The number of aryl methyl sites for hydroxylation is 1. The molecule has 100 valence electrons. The fourth-order valence-electron chi connectivity index (χ4n) is 2.25. The number of hydrogen-bond donors (Lipinski definition) is 0. The average Bonchev–Trinajstić information content (AvgIpc) is 2.51. The Bertz CT molecular complexity index is 796. The Morgan fingerprint density at radius 3 is 2.70 bits per heavy atom. The second-order valence-electron chi connectivity index (χ2n) is 4.53. The Labute approximate surface area is 115 Å². The minimum Gasteiger partial charge on any atom is -0.308 e. The third-order valence-corrected chi connectivity index (χ3v) is 3.23. The van der Waals surface area contributed by atoms with Crippen LogP contribution in [0.3, 0.4) is 0 Å². The first-order chi connectivity index (χ1) is 9.79. The van der Waals surface area contributed by atoms with Crippen molar-refractivity contribution < 1.29 is 0 Å². The lowest BCUT2D eigenvalue weighted by Crippen LogP contribution is -2.20. The molecule has 3 aromatic rings. The summed E-state index contributed by atoms with van der Waals surface area (Å²) in [6.45, 7) is 2.61. The molecule has 0 saturated carbocycles. The van der Waals surface area contributed by atoms with Crippen LogP contribution < -0.4 is 5.56 Å². The number of hydrogen-bond acceptors (Lipinski definition) is 4. The summed E-state index contributed by atoms with van der Waals surface area (Å²) in [5.74, 6) is 0.729. The van der Waals surface area contributed by atoms with Crippen molar-refractivity contribution in [3.05, 3.63) is 64.3 Å². The Morgan fingerprint density at radius 2 is 1.95 bits per heavy atom. The van der Waals surface area contributed by atoms with E-state index < -0.39 is 0 Å². The van der Waals surface area contributed by atoms with Crippen LogP contribution in [0.5, 0.6) is 0 Å². The Hall–Kier alpha value is -2.56. The first kappa shape index (κ1) is 12.5. The predicted octanol–water partition coefficient (Wildman–Crippen LogP) is 1.80. The highest BCUT2D eigenvalue weighted by Crippen LogP contribution is 2.11. The molecule has 0 bridgehead atoms. The molecule has 0 amide bonds. The van der Waals surface area contributed by atoms with E-state index in [9.17, 15) is 4.79 Å². The molecule has 0 aliphatic heterocycles. The molecule has 0 atom stereocenters. The van der Waals surface area contributed by atoms with Crippen molar-refractivity contribution in [2.45, 2.75) is 19.9 Å². The second-order valence-corrected chi connectivity index (χ2v) is 4.53. The van der Waals surface area contributed by atoms with Gasteiger partial charge in [-0.25, -0.2) is 0 Å². The van der Waals surface area contributed by atoms with Gasteiger partial charge in [0.05, 0.1) is 18.1 Å². The second kappa shape index (κ2) is 5.21. The van der Waals surface area contributed by atoms with E-state index in [1.807, 2.05) is 41.8 Å². The fourth-order valence-corrected chi connectivity index (χ4v) is 2.25. The molecule has 0 aliphatic rings. The molecule has 2 aromatic heterocycles. The van der Waals surface area contributed by atoms with E-state index in [4.69, 9.17) is 0 Å². The molecule has 0 N–H and O–H groups in total. The summed E-state index contributed by atoms with van der Waals surface area (Å²) in [6, 6.07) is 11.7. The van der Waals surface area contributed by atoms with Gasteiger partial charge in [0.25, 0.3) is 5.56 Å². The van der Waals surface area contributed by atoms with E-state index in [2.05, 4.69) is 15.2 Å². The van der Waals surface area contributed by atoms with E-state index in [0.717, 1.165) is 11.4 Å². The molecule has 5 nitrogen and oxygen atoms in total. The SMILES string of the molecule is CCc1nc(=O)c2ccnnc2n1Cc1ccccc1. The molecule has 20 heavy (non-hydrogen) atoms. The molecule has 2 heterocycles. The van der Waals surface area contributed by atoms with E-state index in [-0.39, 0.29) is 5.56 Å². The number of nitrogens with zero attached hydrogens (tertiary/aromatic N) is 4. The highest BCUT2D eigenvalue weighted by molar-refractivity contribution is 5.73. The average molecular weight is 266 g/mol. The van der Waals surface area contributed by atoms with Gasteiger partial charge in [0.15, 0.2) is 5.65 Å². The van der Waals surface area contributed by atoms with Gasteiger partial charge in [-0.05, 0) is 11.6 Å². The van der Waals surface area contributed by atoms with Crippen molar-refractivity contribution in [2.75, 3.05) is 0 Å². The maximum absolute atomic E-state index is 12.0. The maximum Gasteiger partial charge on any atom is 0.282 e. The van der Waals surface area contributed by atoms with Gasteiger partial charge in [0.2, 0.25) is 0 Å². The van der Waals surface area contributed by atoms with Crippen molar-refractivity contribution in [3.8, 4) is 0 Å². The zero-order valence-corrected chi connectivity index (χ0v) is 11.2.